The summed E-state index contributed by atoms with van der Waals surface area (Å²) >= 11 is 0. The summed E-state index contributed by atoms with van der Waals surface area (Å²) in [5.41, 5.74) is 9.86. The Balaban J connectivity index is 2.66. The molecule has 84 valence electrons. The highest BCUT2D eigenvalue weighted by atomic mass is 16.4. The van der Waals surface area contributed by atoms with E-state index in [0.29, 0.717) is 12.1 Å². The Morgan fingerprint density at radius 2 is 2.06 bits per heavy atom. The van der Waals surface area contributed by atoms with Gasteiger partial charge in [-0.25, -0.2) is 0 Å². The maximum Gasteiger partial charge on any atom is 0.170 e. The van der Waals surface area contributed by atoms with Gasteiger partial charge in [-0.2, -0.15) is 0 Å². The highest BCUT2D eigenvalue weighted by Gasteiger charge is 2.23. The van der Waals surface area contributed by atoms with E-state index in [1.807, 2.05) is 19.1 Å². The molecule has 0 aromatic heterocycles. The molecule has 0 bridgehead atoms. The fraction of sp³-hybridized carbons (Fsp3) is 0.273. The minimum absolute atomic E-state index is 0.0964. The summed E-state index contributed by atoms with van der Waals surface area (Å²) in [5.74, 6) is 0.0964. The van der Waals surface area contributed by atoms with Crippen molar-refractivity contribution in [1.82, 2.24) is 0 Å². The number of benzene rings is 1. The van der Waals surface area contributed by atoms with Crippen LogP contribution in [-0.2, 0) is 6.42 Å². The summed E-state index contributed by atoms with van der Waals surface area (Å²) in [5, 5.41) is 23.9. The molecule has 0 heterocycles. The third kappa shape index (κ3) is 1.50. The molecule has 4 N–H and O–H groups in total. The Hall–Kier alpha value is -2.04. The van der Waals surface area contributed by atoms with Crippen molar-refractivity contribution in [3.8, 4) is 0 Å². The molecule has 5 nitrogen and oxygen atoms in total. The Bertz CT molecular complexity index is 492. The highest BCUT2D eigenvalue weighted by Crippen LogP contribution is 2.27. The molecule has 0 saturated heterocycles. The number of oxime groups is 2. The van der Waals surface area contributed by atoms with Crippen molar-refractivity contribution >= 4 is 11.5 Å². The predicted octanol–water partition coefficient (Wildman–Crippen LogP) is 1.21. The Labute approximate surface area is 92.9 Å². The molecule has 16 heavy (non-hydrogen) atoms. The lowest BCUT2D eigenvalue weighted by molar-refractivity contribution is 0.318. The smallest absolute Gasteiger partial charge is 0.170 e. The van der Waals surface area contributed by atoms with Crippen molar-refractivity contribution in [3.05, 3.63) is 34.4 Å². The Morgan fingerprint density at radius 3 is 2.69 bits per heavy atom. The summed E-state index contributed by atoms with van der Waals surface area (Å²) in [7, 11) is 0. The van der Waals surface area contributed by atoms with Crippen molar-refractivity contribution in [2.24, 2.45) is 16.0 Å². The quantitative estimate of drug-likeness (QED) is 0.287. The fourth-order valence-electron chi connectivity index (χ4n) is 2.11. The highest BCUT2D eigenvalue weighted by molar-refractivity contribution is 6.09. The van der Waals surface area contributed by atoms with E-state index in [1.165, 1.54) is 0 Å². The lowest BCUT2D eigenvalue weighted by Crippen LogP contribution is -2.16. The van der Waals surface area contributed by atoms with E-state index in [0.717, 1.165) is 28.7 Å². The van der Waals surface area contributed by atoms with Gasteiger partial charge in [-0.15, -0.1) is 0 Å². The fourth-order valence-corrected chi connectivity index (χ4v) is 2.11. The summed E-state index contributed by atoms with van der Waals surface area (Å²) in [4.78, 5) is 0. The first-order valence-corrected chi connectivity index (χ1v) is 5.00. The zero-order chi connectivity index (χ0) is 11.7. The van der Waals surface area contributed by atoms with Crippen LogP contribution in [0.15, 0.2) is 22.4 Å². The van der Waals surface area contributed by atoms with Crippen LogP contribution in [0.3, 0.4) is 0 Å². The maximum absolute atomic E-state index is 8.87. The van der Waals surface area contributed by atoms with Crippen LogP contribution in [-0.4, -0.2) is 22.0 Å². The summed E-state index contributed by atoms with van der Waals surface area (Å²) in [6.45, 7) is 1.92. The van der Waals surface area contributed by atoms with Gasteiger partial charge in [0, 0.05) is 11.1 Å². The van der Waals surface area contributed by atoms with Crippen LogP contribution in [0, 0.1) is 6.92 Å². The van der Waals surface area contributed by atoms with E-state index in [4.69, 9.17) is 16.1 Å². The third-order valence-electron chi connectivity index (χ3n) is 2.82. The molecular weight excluding hydrogens is 206 g/mol. The second kappa shape index (κ2) is 3.84. The van der Waals surface area contributed by atoms with Crippen LogP contribution in [0.5, 0.6) is 0 Å². The van der Waals surface area contributed by atoms with Crippen molar-refractivity contribution in [2.45, 2.75) is 19.8 Å². The number of rotatable bonds is 1. The van der Waals surface area contributed by atoms with Gasteiger partial charge in [0.05, 0.1) is 5.71 Å². The molecule has 0 atom stereocenters. The van der Waals surface area contributed by atoms with Crippen molar-refractivity contribution in [1.29, 1.82) is 0 Å². The van der Waals surface area contributed by atoms with Crippen LogP contribution >= 0.6 is 0 Å². The molecule has 2 rings (SSSR count). The van der Waals surface area contributed by atoms with Crippen LogP contribution in [0.4, 0.5) is 0 Å². The van der Waals surface area contributed by atoms with Crippen LogP contribution in [0.2, 0.25) is 0 Å². The lowest BCUT2D eigenvalue weighted by atomic mass is 9.99. The van der Waals surface area contributed by atoms with E-state index >= 15 is 0 Å². The number of hydrogen-bond acceptors (Lipinski definition) is 4. The minimum atomic E-state index is 0.0964. The SMILES string of the molecule is Cc1cc(C(N)=NO)c2c(c1)C(=NO)CC2. The molecule has 0 aliphatic heterocycles. The second-order valence-corrected chi connectivity index (χ2v) is 3.87. The first-order valence-electron chi connectivity index (χ1n) is 5.00. The number of nitrogens with zero attached hydrogens (tertiary/aromatic N) is 2. The van der Waals surface area contributed by atoms with Gasteiger partial charge in [-0.3, -0.25) is 0 Å². The second-order valence-electron chi connectivity index (χ2n) is 3.87. The minimum Gasteiger partial charge on any atom is -0.411 e. The monoisotopic (exact) mass is 219 g/mol. The first kappa shape index (κ1) is 10.5. The summed E-state index contributed by atoms with van der Waals surface area (Å²) in [6, 6.07) is 3.82. The summed E-state index contributed by atoms with van der Waals surface area (Å²) in [6.07, 6.45) is 1.43. The van der Waals surface area contributed by atoms with Gasteiger partial charge in [0.15, 0.2) is 5.84 Å². The Morgan fingerprint density at radius 1 is 1.31 bits per heavy atom. The van der Waals surface area contributed by atoms with Gasteiger partial charge >= 0.3 is 0 Å². The van der Waals surface area contributed by atoms with E-state index in [9.17, 15) is 0 Å². The Kier molecular flexibility index (Phi) is 2.52. The van der Waals surface area contributed by atoms with Gasteiger partial charge < -0.3 is 16.1 Å². The molecule has 0 spiro atoms. The number of aryl methyl sites for hydroxylation is 1. The standard InChI is InChI=1S/C11H13N3O2/c1-6-4-8-7(2-3-10(8)13-15)9(5-6)11(12)14-16/h4-5,15-16H,2-3H2,1H3,(H2,12,14). The van der Waals surface area contributed by atoms with E-state index in [2.05, 4.69) is 10.3 Å². The van der Waals surface area contributed by atoms with E-state index < -0.39 is 0 Å². The molecular formula is C11H13N3O2. The predicted molar refractivity (Wildman–Crippen MR) is 60.3 cm³/mol. The molecule has 1 aromatic rings. The topological polar surface area (TPSA) is 91.2 Å². The van der Waals surface area contributed by atoms with Gasteiger partial charge in [-0.05, 0) is 43.0 Å². The van der Waals surface area contributed by atoms with Crippen molar-refractivity contribution in [3.63, 3.8) is 0 Å². The zero-order valence-corrected chi connectivity index (χ0v) is 8.94. The van der Waals surface area contributed by atoms with E-state index in [1.54, 1.807) is 0 Å². The number of nitrogens with two attached hydrogens (primary N) is 1. The average Bonchev–Trinajstić information content (AvgIpc) is 2.69. The zero-order valence-electron chi connectivity index (χ0n) is 8.94. The van der Waals surface area contributed by atoms with Crippen LogP contribution in [0.25, 0.3) is 0 Å². The molecule has 5 heteroatoms. The molecule has 1 aliphatic carbocycles. The normalized spacial score (nSPS) is 17.8. The van der Waals surface area contributed by atoms with Gasteiger partial charge in [0.2, 0.25) is 0 Å². The number of amidine groups is 1. The van der Waals surface area contributed by atoms with Crippen LogP contribution in [0.1, 0.15) is 28.7 Å². The van der Waals surface area contributed by atoms with E-state index in [-0.39, 0.29) is 5.84 Å². The number of fused-ring (bicyclic) bond motifs is 1. The molecule has 0 radical (unpaired) electrons. The largest absolute Gasteiger partial charge is 0.411 e. The molecule has 1 aromatic carbocycles. The van der Waals surface area contributed by atoms with Gasteiger partial charge in [0.25, 0.3) is 0 Å². The molecule has 0 amide bonds. The first-order chi connectivity index (χ1) is 7.67. The summed E-state index contributed by atoms with van der Waals surface area (Å²) < 4.78 is 0. The van der Waals surface area contributed by atoms with Gasteiger partial charge in [0.1, 0.15) is 0 Å². The molecule has 1 aliphatic rings. The molecule has 0 unspecified atom stereocenters. The molecule has 0 saturated carbocycles. The van der Waals surface area contributed by atoms with Crippen molar-refractivity contribution < 1.29 is 10.4 Å². The van der Waals surface area contributed by atoms with Crippen LogP contribution < -0.4 is 5.73 Å². The van der Waals surface area contributed by atoms with Crippen molar-refractivity contribution in [2.75, 3.05) is 0 Å². The van der Waals surface area contributed by atoms with Gasteiger partial charge in [-0.1, -0.05) is 10.3 Å². The average molecular weight is 219 g/mol. The maximum atomic E-state index is 8.87. The third-order valence-corrected chi connectivity index (χ3v) is 2.82. The lowest BCUT2D eigenvalue weighted by Gasteiger charge is -2.08. The number of hydrogen-bond donors (Lipinski definition) is 3. The molecule has 0 fully saturated rings.